The molecular formula is C19H16ClN3O2S2. The summed E-state index contributed by atoms with van der Waals surface area (Å²) in [5, 5.41) is 5.35. The number of benzene rings is 1. The Balaban J connectivity index is 1.47. The van der Waals surface area contributed by atoms with Gasteiger partial charge in [0.05, 0.1) is 6.54 Å². The molecule has 1 N–H and O–H groups in total. The molecule has 5 nitrogen and oxygen atoms in total. The maximum absolute atomic E-state index is 12.3. The number of hydrogen-bond acceptors (Lipinski definition) is 6. The molecule has 3 heterocycles. The summed E-state index contributed by atoms with van der Waals surface area (Å²) >= 11 is 9.30. The van der Waals surface area contributed by atoms with E-state index in [0.29, 0.717) is 23.7 Å². The fourth-order valence-electron chi connectivity index (χ4n) is 3.01. The minimum Gasteiger partial charge on any atom is -0.487 e. The summed E-state index contributed by atoms with van der Waals surface area (Å²) in [5.41, 5.74) is 3.44. The van der Waals surface area contributed by atoms with Crippen LogP contribution in [-0.4, -0.2) is 34.8 Å². The van der Waals surface area contributed by atoms with Gasteiger partial charge in [0.2, 0.25) is 0 Å². The number of thiazole rings is 1. The van der Waals surface area contributed by atoms with Crippen molar-refractivity contribution in [2.45, 2.75) is 16.9 Å². The van der Waals surface area contributed by atoms with Gasteiger partial charge in [0.1, 0.15) is 21.9 Å². The highest BCUT2D eigenvalue weighted by Gasteiger charge is 2.27. The Morgan fingerprint density at radius 3 is 2.96 bits per heavy atom. The van der Waals surface area contributed by atoms with Crippen LogP contribution in [-0.2, 0) is 6.42 Å². The van der Waals surface area contributed by atoms with Crippen molar-refractivity contribution in [1.82, 2.24) is 15.3 Å². The topological polar surface area (TPSA) is 64.1 Å². The van der Waals surface area contributed by atoms with Crippen LogP contribution in [0.1, 0.15) is 16.1 Å². The summed E-state index contributed by atoms with van der Waals surface area (Å²) in [6.45, 7) is 0.410. The standard InChI is InChI=1S/C19H16ClN3O2S2/c1-26-19-23-16(10-27-19)18(24)22-9-14-7-12-6-13(20)8-15(17(12)25-14)11-2-4-21-5-3-11/h2-6,8,10,14H,7,9H2,1H3,(H,22,24). The summed E-state index contributed by atoms with van der Waals surface area (Å²) in [4.78, 5) is 20.6. The molecule has 0 aliphatic carbocycles. The second-order valence-electron chi connectivity index (χ2n) is 6.03. The maximum atomic E-state index is 12.3. The molecule has 1 aromatic carbocycles. The van der Waals surface area contributed by atoms with E-state index in [4.69, 9.17) is 16.3 Å². The SMILES string of the molecule is CSc1nc(C(=O)NCC2Cc3cc(Cl)cc(-c4ccncc4)c3O2)cs1. The van der Waals surface area contributed by atoms with E-state index < -0.39 is 0 Å². The quantitative estimate of drug-likeness (QED) is 0.626. The van der Waals surface area contributed by atoms with Crippen molar-refractivity contribution in [3.05, 3.63) is 58.3 Å². The Kier molecular flexibility index (Phi) is 5.33. The zero-order chi connectivity index (χ0) is 18.8. The number of thioether (sulfide) groups is 1. The lowest BCUT2D eigenvalue weighted by atomic mass is 10.0. The van der Waals surface area contributed by atoms with Crippen molar-refractivity contribution in [1.29, 1.82) is 0 Å². The number of amides is 1. The van der Waals surface area contributed by atoms with Gasteiger partial charge in [-0.05, 0) is 36.1 Å². The van der Waals surface area contributed by atoms with Crippen LogP contribution in [0.4, 0.5) is 0 Å². The van der Waals surface area contributed by atoms with Crippen LogP contribution in [0, 0.1) is 0 Å². The van der Waals surface area contributed by atoms with Gasteiger partial charge in [-0.15, -0.1) is 11.3 Å². The molecule has 1 amide bonds. The van der Waals surface area contributed by atoms with E-state index in [0.717, 1.165) is 26.8 Å². The minimum atomic E-state index is -0.182. The third kappa shape index (κ3) is 3.95. The third-order valence-corrected chi connectivity index (χ3v) is 6.32. The average Bonchev–Trinajstić information content (AvgIpc) is 3.32. The van der Waals surface area contributed by atoms with Gasteiger partial charge in [0.15, 0.2) is 0 Å². The van der Waals surface area contributed by atoms with Crippen molar-refractivity contribution < 1.29 is 9.53 Å². The van der Waals surface area contributed by atoms with E-state index in [-0.39, 0.29) is 12.0 Å². The van der Waals surface area contributed by atoms with Crippen LogP contribution in [0.5, 0.6) is 5.75 Å². The second kappa shape index (κ2) is 7.88. The Bertz CT molecular complexity index is 978. The molecular weight excluding hydrogens is 402 g/mol. The highest BCUT2D eigenvalue weighted by Crippen LogP contribution is 2.40. The molecule has 1 atom stereocenters. The molecule has 2 aromatic heterocycles. The Labute approximate surface area is 170 Å². The smallest absolute Gasteiger partial charge is 0.270 e. The molecule has 0 bridgehead atoms. The number of ether oxygens (including phenoxy) is 1. The number of pyridine rings is 1. The first-order valence-corrected chi connectivity index (χ1v) is 10.8. The van der Waals surface area contributed by atoms with Crippen LogP contribution in [0.15, 0.2) is 46.4 Å². The maximum Gasteiger partial charge on any atom is 0.270 e. The van der Waals surface area contributed by atoms with E-state index in [9.17, 15) is 4.79 Å². The zero-order valence-corrected chi connectivity index (χ0v) is 16.8. The molecule has 1 aliphatic heterocycles. The largest absolute Gasteiger partial charge is 0.487 e. The Morgan fingerprint density at radius 2 is 2.22 bits per heavy atom. The molecule has 0 radical (unpaired) electrons. The van der Waals surface area contributed by atoms with Gasteiger partial charge in [0, 0.05) is 40.3 Å². The number of rotatable bonds is 5. The third-order valence-electron chi connectivity index (χ3n) is 4.23. The first-order valence-electron chi connectivity index (χ1n) is 8.31. The van der Waals surface area contributed by atoms with E-state index in [1.807, 2.05) is 30.5 Å². The molecule has 3 aromatic rings. The van der Waals surface area contributed by atoms with E-state index in [2.05, 4.69) is 15.3 Å². The highest BCUT2D eigenvalue weighted by molar-refractivity contribution is 8.00. The van der Waals surface area contributed by atoms with Gasteiger partial charge < -0.3 is 10.1 Å². The average molecular weight is 418 g/mol. The highest BCUT2D eigenvalue weighted by atomic mass is 35.5. The number of carbonyl (C=O) groups is 1. The molecule has 0 fully saturated rings. The van der Waals surface area contributed by atoms with Crippen molar-refractivity contribution in [3.8, 4) is 16.9 Å². The van der Waals surface area contributed by atoms with Crippen LogP contribution in [0.25, 0.3) is 11.1 Å². The first-order chi connectivity index (χ1) is 13.1. The second-order valence-corrected chi connectivity index (χ2v) is 8.38. The van der Waals surface area contributed by atoms with Gasteiger partial charge in [-0.1, -0.05) is 23.4 Å². The van der Waals surface area contributed by atoms with Gasteiger partial charge in [0.25, 0.3) is 5.91 Å². The number of hydrogen-bond donors (Lipinski definition) is 1. The van der Waals surface area contributed by atoms with Crippen molar-refractivity contribution >= 4 is 40.6 Å². The summed E-state index contributed by atoms with van der Waals surface area (Å²) in [7, 11) is 0. The molecule has 0 saturated heterocycles. The summed E-state index contributed by atoms with van der Waals surface area (Å²) < 4.78 is 7.02. The van der Waals surface area contributed by atoms with Gasteiger partial charge >= 0.3 is 0 Å². The molecule has 138 valence electrons. The lowest BCUT2D eigenvalue weighted by Gasteiger charge is -2.13. The Hall–Kier alpha value is -2.09. The number of fused-ring (bicyclic) bond motifs is 1. The molecule has 27 heavy (non-hydrogen) atoms. The molecule has 8 heteroatoms. The summed E-state index contributed by atoms with van der Waals surface area (Å²) in [5.74, 6) is 0.640. The fourth-order valence-corrected chi connectivity index (χ4v) is 4.49. The number of nitrogens with zero attached hydrogens (tertiary/aromatic N) is 2. The molecule has 4 rings (SSSR count). The molecule has 0 spiro atoms. The van der Waals surface area contributed by atoms with E-state index in [1.165, 1.54) is 23.1 Å². The molecule has 1 unspecified atom stereocenters. The van der Waals surface area contributed by atoms with Gasteiger partial charge in [-0.25, -0.2) is 4.98 Å². The first kappa shape index (κ1) is 18.3. The summed E-state index contributed by atoms with van der Waals surface area (Å²) in [6.07, 6.45) is 5.98. The van der Waals surface area contributed by atoms with Crippen molar-refractivity contribution in [3.63, 3.8) is 0 Å². The van der Waals surface area contributed by atoms with E-state index >= 15 is 0 Å². The minimum absolute atomic E-state index is 0.137. The number of nitrogens with one attached hydrogen (secondary N) is 1. The number of carbonyl (C=O) groups excluding carboxylic acids is 1. The fraction of sp³-hybridized carbons (Fsp3) is 0.211. The van der Waals surface area contributed by atoms with Crippen LogP contribution in [0.2, 0.25) is 5.02 Å². The monoisotopic (exact) mass is 417 g/mol. The predicted molar refractivity (Wildman–Crippen MR) is 109 cm³/mol. The van der Waals surface area contributed by atoms with Crippen LogP contribution in [0.3, 0.4) is 0 Å². The van der Waals surface area contributed by atoms with Gasteiger partial charge in [-0.2, -0.15) is 0 Å². The van der Waals surface area contributed by atoms with E-state index in [1.54, 1.807) is 17.8 Å². The lowest BCUT2D eigenvalue weighted by molar-refractivity contribution is 0.0929. The zero-order valence-electron chi connectivity index (χ0n) is 14.4. The molecule has 0 saturated carbocycles. The van der Waals surface area contributed by atoms with Crippen LogP contribution < -0.4 is 10.1 Å². The number of halogens is 1. The van der Waals surface area contributed by atoms with Gasteiger partial charge in [-0.3, -0.25) is 9.78 Å². The van der Waals surface area contributed by atoms with Crippen molar-refractivity contribution in [2.24, 2.45) is 0 Å². The predicted octanol–water partition coefficient (Wildman–Crippen LogP) is 4.31. The van der Waals surface area contributed by atoms with Crippen molar-refractivity contribution in [2.75, 3.05) is 12.8 Å². The Morgan fingerprint density at radius 1 is 1.41 bits per heavy atom. The normalized spacial score (nSPS) is 15.3. The summed E-state index contributed by atoms with van der Waals surface area (Å²) in [6, 6.07) is 7.68. The van der Waals surface area contributed by atoms with Crippen LogP contribution >= 0.6 is 34.7 Å². The number of aromatic nitrogens is 2. The lowest BCUT2D eigenvalue weighted by Crippen LogP contribution is -2.34. The molecule has 1 aliphatic rings.